The molecule has 0 bridgehead atoms. The van der Waals surface area contributed by atoms with Crippen molar-refractivity contribution in [2.75, 3.05) is 18.6 Å². The molecule has 2 heterocycles. The number of tetrazole rings is 1. The van der Waals surface area contributed by atoms with E-state index in [1.807, 2.05) is 35.2 Å². The predicted octanol–water partition coefficient (Wildman–Crippen LogP) is 2.57. The Labute approximate surface area is 151 Å². The standard InChI is InChI=1S/C19H19N5O2/c1-13-8-9-17(26-2)18-16(13)7-4-10-23(18)19(25)14-5-3-6-15(11-14)24-12-20-21-22-24/h3,5-6,8-9,11-12H,4,7,10H2,1-2H3. The lowest BCUT2D eigenvalue weighted by molar-refractivity contribution is 0.0984. The predicted molar refractivity (Wildman–Crippen MR) is 96.9 cm³/mol. The van der Waals surface area contributed by atoms with Crippen LogP contribution in [0.1, 0.15) is 27.9 Å². The van der Waals surface area contributed by atoms with Gasteiger partial charge in [-0.05, 0) is 65.6 Å². The van der Waals surface area contributed by atoms with Gasteiger partial charge in [0.25, 0.3) is 5.91 Å². The Bertz CT molecular complexity index is 953. The van der Waals surface area contributed by atoms with E-state index in [1.165, 1.54) is 22.1 Å². The van der Waals surface area contributed by atoms with Gasteiger partial charge in [0.2, 0.25) is 0 Å². The number of anilines is 1. The van der Waals surface area contributed by atoms with Crippen LogP contribution in [0.5, 0.6) is 5.75 Å². The van der Waals surface area contributed by atoms with E-state index < -0.39 is 0 Å². The summed E-state index contributed by atoms with van der Waals surface area (Å²) in [6.07, 6.45) is 3.39. The maximum absolute atomic E-state index is 13.3. The van der Waals surface area contributed by atoms with Gasteiger partial charge in [0, 0.05) is 12.1 Å². The lowest BCUT2D eigenvalue weighted by Gasteiger charge is -2.32. The van der Waals surface area contributed by atoms with Gasteiger partial charge in [-0.1, -0.05) is 12.1 Å². The van der Waals surface area contributed by atoms with E-state index in [0.29, 0.717) is 12.1 Å². The van der Waals surface area contributed by atoms with Crippen LogP contribution in [-0.4, -0.2) is 39.8 Å². The minimum absolute atomic E-state index is 0.0511. The van der Waals surface area contributed by atoms with Crippen molar-refractivity contribution in [1.29, 1.82) is 0 Å². The highest BCUT2D eigenvalue weighted by atomic mass is 16.5. The second-order valence-electron chi connectivity index (χ2n) is 6.28. The number of ether oxygens (including phenoxy) is 1. The number of rotatable bonds is 3. The summed E-state index contributed by atoms with van der Waals surface area (Å²) in [5, 5.41) is 11.2. The van der Waals surface area contributed by atoms with E-state index in [-0.39, 0.29) is 5.91 Å². The van der Waals surface area contributed by atoms with Crippen LogP contribution in [0, 0.1) is 6.92 Å². The minimum atomic E-state index is -0.0511. The number of carbonyl (C=O) groups is 1. The Morgan fingerprint density at radius 2 is 2.12 bits per heavy atom. The van der Waals surface area contributed by atoms with Crippen molar-refractivity contribution in [3.63, 3.8) is 0 Å². The Morgan fingerprint density at radius 1 is 1.23 bits per heavy atom. The first-order valence-electron chi connectivity index (χ1n) is 8.51. The van der Waals surface area contributed by atoms with Crippen molar-refractivity contribution < 1.29 is 9.53 Å². The van der Waals surface area contributed by atoms with Crippen molar-refractivity contribution >= 4 is 11.6 Å². The van der Waals surface area contributed by atoms with Crippen molar-refractivity contribution in [3.8, 4) is 11.4 Å². The maximum atomic E-state index is 13.3. The Kier molecular flexibility index (Phi) is 4.12. The van der Waals surface area contributed by atoms with E-state index >= 15 is 0 Å². The fourth-order valence-electron chi connectivity index (χ4n) is 3.44. The second kappa shape index (κ2) is 6.59. The first-order valence-corrected chi connectivity index (χ1v) is 8.51. The molecule has 4 rings (SSSR count). The van der Waals surface area contributed by atoms with Gasteiger partial charge in [0.1, 0.15) is 12.1 Å². The molecule has 1 amide bonds. The normalized spacial score (nSPS) is 13.4. The minimum Gasteiger partial charge on any atom is -0.495 e. The zero-order valence-corrected chi connectivity index (χ0v) is 14.7. The van der Waals surface area contributed by atoms with E-state index in [2.05, 4.69) is 22.4 Å². The molecule has 0 fully saturated rings. The quantitative estimate of drug-likeness (QED) is 0.727. The fraction of sp³-hybridized carbons (Fsp3) is 0.263. The van der Waals surface area contributed by atoms with Crippen molar-refractivity contribution in [2.24, 2.45) is 0 Å². The van der Waals surface area contributed by atoms with Crippen LogP contribution in [0.2, 0.25) is 0 Å². The van der Waals surface area contributed by atoms with Crippen LogP contribution in [0.4, 0.5) is 5.69 Å². The summed E-state index contributed by atoms with van der Waals surface area (Å²) in [6, 6.07) is 11.3. The molecule has 7 nitrogen and oxygen atoms in total. The number of methoxy groups -OCH3 is 1. The van der Waals surface area contributed by atoms with Gasteiger partial charge in [-0.3, -0.25) is 4.79 Å². The lowest BCUT2D eigenvalue weighted by atomic mass is 9.95. The van der Waals surface area contributed by atoms with Crippen LogP contribution < -0.4 is 9.64 Å². The number of amides is 1. The van der Waals surface area contributed by atoms with Crippen LogP contribution in [0.3, 0.4) is 0 Å². The Hall–Kier alpha value is -3.22. The topological polar surface area (TPSA) is 73.1 Å². The number of nitrogens with zero attached hydrogens (tertiary/aromatic N) is 5. The summed E-state index contributed by atoms with van der Waals surface area (Å²) < 4.78 is 7.08. The molecule has 0 atom stereocenters. The second-order valence-corrected chi connectivity index (χ2v) is 6.28. The number of aryl methyl sites for hydroxylation is 1. The molecule has 0 saturated carbocycles. The first kappa shape index (κ1) is 16.3. The van der Waals surface area contributed by atoms with Gasteiger partial charge in [0.05, 0.1) is 18.5 Å². The van der Waals surface area contributed by atoms with Gasteiger partial charge in [-0.2, -0.15) is 0 Å². The monoisotopic (exact) mass is 349 g/mol. The molecular weight excluding hydrogens is 330 g/mol. The molecule has 26 heavy (non-hydrogen) atoms. The average Bonchev–Trinajstić information content (AvgIpc) is 3.22. The molecule has 0 saturated heterocycles. The van der Waals surface area contributed by atoms with Gasteiger partial charge in [0.15, 0.2) is 0 Å². The zero-order chi connectivity index (χ0) is 18.1. The van der Waals surface area contributed by atoms with Crippen LogP contribution in [0.15, 0.2) is 42.7 Å². The molecule has 0 N–H and O–H groups in total. The summed E-state index contributed by atoms with van der Waals surface area (Å²) in [7, 11) is 1.64. The molecule has 0 spiro atoms. The highest BCUT2D eigenvalue weighted by molar-refractivity contribution is 6.08. The average molecular weight is 349 g/mol. The summed E-state index contributed by atoms with van der Waals surface area (Å²) >= 11 is 0. The fourth-order valence-corrected chi connectivity index (χ4v) is 3.44. The van der Waals surface area contributed by atoms with Gasteiger partial charge in [-0.25, -0.2) is 4.68 Å². The summed E-state index contributed by atoms with van der Waals surface area (Å²) in [6.45, 7) is 2.74. The zero-order valence-electron chi connectivity index (χ0n) is 14.7. The molecule has 132 valence electrons. The van der Waals surface area contributed by atoms with E-state index in [4.69, 9.17) is 4.74 Å². The molecule has 1 aromatic heterocycles. The van der Waals surface area contributed by atoms with E-state index in [9.17, 15) is 4.79 Å². The third-order valence-corrected chi connectivity index (χ3v) is 4.73. The Balaban J connectivity index is 1.75. The number of carbonyl (C=O) groups excluding carboxylic acids is 1. The number of hydrogen-bond donors (Lipinski definition) is 0. The first-order chi connectivity index (χ1) is 12.7. The summed E-state index contributed by atoms with van der Waals surface area (Å²) in [4.78, 5) is 15.1. The van der Waals surface area contributed by atoms with E-state index in [0.717, 1.165) is 30.0 Å². The van der Waals surface area contributed by atoms with Crippen LogP contribution in [0.25, 0.3) is 5.69 Å². The Morgan fingerprint density at radius 3 is 2.88 bits per heavy atom. The number of fused-ring (bicyclic) bond motifs is 1. The molecule has 0 radical (unpaired) electrons. The molecule has 0 aliphatic carbocycles. The third-order valence-electron chi connectivity index (χ3n) is 4.73. The van der Waals surface area contributed by atoms with Crippen LogP contribution in [-0.2, 0) is 6.42 Å². The molecule has 0 unspecified atom stereocenters. The number of aromatic nitrogens is 4. The largest absolute Gasteiger partial charge is 0.495 e. The highest BCUT2D eigenvalue weighted by Crippen LogP contribution is 2.38. The van der Waals surface area contributed by atoms with Gasteiger partial charge < -0.3 is 9.64 Å². The molecular formula is C19H19N5O2. The highest BCUT2D eigenvalue weighted by Gasteiger charge is 2.28. The smallest absolute Gasteiger partial charge is 0.258 e. The lowest BCUT2D eigenvalue weighted by Crippen LogP contribution is -2.36. The molecule has 1 aliphatic heterocycles. The number of benzene rings is 2. The number of hydrogen-bond acceptors (Lipinski definition) is 5. The molecule has 2 aromatic carbocycles. The SMILES string of the molecule is COc1ccc(C)c2c1N(C(=O)c1cccc(-n3cnnn3)c1)CCC2. The van der Waals surface area contributed by atoms with Gasteiger partial charge >= 0.3 is 0 Å². The molecule has 3 aromatic rings. The summed E-state index contributed by atoms with van der Waals surface area (Å²) in [5.41, 5.74) is 4.58. The summed E-state index contributed by atoms with van der Waals surface area (Å²) in [5.74, 6) is 0.681. The van der Waals surface area contributed by atoms with Crippen molar-refractivity contribution in [1.82, 2.24) is 20.2 Å². The third kappa shape index (κ3) is 2.71. The molecule has 1 aliphatic rings. The van der Waals surface area contributed by atoms with Crippen molar-refractivity contribution in [2.45, 2.75) is 19.8 Å². The van der Waals surface area contributed by atoms with Gasteiger partial charge in [-0.15, -0.1) is 5.10 Å². The van der Waals surface area contributed by atoms with E-state index in [1.54, 1.807) is 13.2 Å². The van der Waals surface area contributed by atoms with Crippen LogP contribution >= 0.6 is 0 Å². The maximum Gasteiger partial charge on any atom is 0.258 e. The van der Waals surface area contributed by atoms with Crippen molar-refractivity contribution in [3.05, 3.63) is 59.4 Å². The molecule has 7 heteroatoms.